The van der Waals surface area contributed by atoms with E-state index in [-0.39, 0.29) is 35.2 Å². The highest BCUT2D eigenvalue weighted by atomic mass is 32.2. The van der Waals surface area contributed by atoms with Gasteiger partial charge in [-0.15, -0.1) is 0 Å². The molecule has 9 heteroatoms. The van der Waals surface area contributed by atoms with Crippen LogP contribution in [0.2, 0.25) is 0 Å². The number of hydrogen-bond donors (Lipinski definition) is 2. The van der Waals surface area contributed by atoms with E-state index in [9.17, 15) is 13.2 Å². The van der Waals surface area contributed by atoms with Gasteiger partial charge in [0.1, 0.15) is 10.6 Å². The minimum Gasteiger partial charge on any atom is -0.360 e. The maximum atomic E-state index is 12.1. The van der Waals surface area contributed by atoms with Gasteiger partial charge in [-0.2, -0.15) is 0 Å². The molecular formula is C14H18N4O4S. The van der Waals surface area contributed by atoms with Gasteiger partial charge in [-0.3, -0.25) is 9.78 Å². The number of aromatic nitrogens is 2. The van der Waals surface area contributed by atoms with Gasteiger partial charge in [-0.1, -0.05) is 5.16 Å². The number of sulfonamides is 1. The summed E-state index contributed by atoms with van der Waals surface area (Å²) in [6.45, 7) is 3.44. The quantitative estimate of drug-likeness (QED) is 0.767. The lowest BCUT2D eigenvalue weighted by Gasteiger charge is -2.07. The lowest BCUT2D eigenvalue weighted by atomic mass is 10.2. The molecule has 0 fully saturated rings. The first-order valence-electron chi connectivity index (χ1n) is 6.98. The number of hydrogen-bond acceptors (Lipinski definition) is 6. The highest BCUT2D eigenvalue weighted by Crippen LogP contribution is 2.18. The number of nitrogens with one attached hydrogen (secondary N) is 2. The van der Waals surface area contributed by atoms with E-state index in [1.807, 2.05) is 0 Å². The largest absolute Gasteiger partial charge is 0.360 e. The number of carbonyl (C=O) groups is 1. The zero-order valence-corrected chi connectivity index (χ0v) is 13.7. The topological polar surface area (TPSA) is 114 Å². The smallest absolute Gasteiger partial charge is 0.245 e. The minimum atomic E-state index is -3.74. The van der Waals surface area contributed by atoms with Crippen LogP contribution in [0.1, 0.15) is 23.4 Å². The van der Waals surface area contributed by atoms with Crippen molar-refractivity contribution < 1.29 is 17.7 Å². The van der Waals surface area contributed by atoms with E-state index in [4.69, 9.17) is 4.52 Å². The zero-order chi connectivity index (χ0) is 16.9. The van der Waals surface area contributed by atoms with Crippen molar-refractivity contribution in [3.63, 3.8) is 0 Å². The van der Waals surface area contributed by atoms with Crippen LogP contribution in [-0.4, -0.2) is 31.0 Å². The van der Waals surface area contributed by atoms with Gasteiger partial charge in [-0.25, -0.2) is 13.1 Å². The molecule has 0 saturated carbocycles. The maximum Gasteiger partial charge on any atom is 0.245 e. The summed E-state index contributed by atoms with van der Waals surface area (Å²) in [6.07, 6.45) is 3.31. The molecule has 0 saturated heterocycles. The van der Waals surface area contributed by atoms with Crippen molar-refractivity contribution in [1.82, 2.24) is 20.2 Å². The second-order valence-electron chi connectivity index (χ2n) is 4.93. The van der Waals surface area contributed by atoms with Crippen LogP contribution >= 0.6 is 0 Å². The van der Waals surface area contributed by atoms with Crippen molar-refractivity contribution in [3.8, 4) is 0 Å². The number of rotatable bonds is 7. The Kier molecular flexibility index (Phi) is 5.45. The van der Waals surface area contributed by atoms with Crippen LogP contribution < -0.4 is 10.0 Å². The Morgan fingerprint density at radius 3 is 2.57 bits per heavy atom. The summed E-state index contributed by atoms with van der Waals surface area (Å²) in [7, 11) is -3.74. The molecule has 0 aliphatic carbocycles. The van der Waals surface area contributed by atoms with E-state index in [1.165, 1.54) is 6.92 Å². The minimum absolute atomic E-state index is 0.00539. The average molecular weight is 338 g/mol. The van der Waals surface area contributed by atoms with Crippen molar-refractivity contribution in [2.75, 3.05) is 6.54 Å². The number of pyridine rings is 1. The lowest BCUT2D eigenvalue weighted by molar-refractivity contribution is -0.121. The summed E-state index contributed by atoms with van der Waals surface area (Å²) in [6, 6.07) is 3.58. The highest BCUT2D eigenvalue weighted by Gasteiger charge is 2.23. The molecule has 2 N–H and O–H groups in total. The van der Waals surface area contributed by atoms with Crippen LogP contribution in [0, 0.1) is 13.8 Å². The fourth-order valence-corrected chi connectivity index (χ4v) is 3.38. The van der Waals surface area contributed by atoms with Crippen LogP contribution in [0.4, 0.5) is 0 Å². The first-order chi connectivity index (χ1) is 10.9. The molecule has 8 nitrogen and oxygen atoms in total. The van der Waals surface area contributed by atoms with E-state index < -0.39 is 10.0 Å². The Morgan fingerprint density at radius 1 is 1.26 bits per heavy atom. The second kappa shape index (κ2) is 7.34. The molecule has 124 valence electrons. The number of nitrogens with zero attached hydrogens (tertiary/aromatic N) is 2. The predicted octanol–water partition coefficient (Wildman–Crippen LogP) is 0.671. The van der Waals surface area contributed by atoms with Gasteiger partial charge in [0.05, 0.1) is 0 Å². The molecule has 0 radical (unpaired) electrons. The van der Waals surface area contributed by atoms with Gasteiger partial charge in [0.25, 0.3) is 0 Å². The molecule has 23 heavy (non-hydrogen) atoms. The first-order valence-corrected chi connectivity index (χ1v) is 8.46. The van der Waals surface area contributed by atoms with Crippen molar-refractivity contribution in [1.29, 1.82) is 0 Å². The van der Waals surface area contributed by atoms with Crippen molar-refractivity contribution in [3.05, 3.63) is 41.5 Å². The fourth-order valence-electron chi connectivity index (χ4n) is 2.02. The summed E-state index contributed by atoms with van der Waals surface area (Å²) < 4.78 is 31.5. The summed E-state index contributed by atoms with van der Waals surface area (Å²) in [5.41, 5.74) is 1.21. The van der Waals surface area contributed by atoms with E-state index >= 15 is 0 Å². The molecule has 2 heterocycles. The molecule has 0 bridgehead atoms. The molecule has 1 amide bonds. The molecule has 0 aromatic carbocycles. The Labute approximate surface area is 134 Å². The van der Waals surface area contributed by atoms with E-state index in [2.05, 4.69) is 20.2 Å². The molecule has 2 aromatic heterocycles. The normalized spacial score (nSPS) is 11.4. The molecule has 0 aliphatic rings. The highest BCUT2D eigenvalue weighted by molar-refractivity contribution is 7.89. The third-order valence-corrected chi connectivity index (χ3v) is 4.82. The van der Waals surface area contributed by atoms with Crippen LogP contribution in [0.25, 0.3) is 0 Å². The van der Waals surface area contributed by atoms with E-state index in [0.717, 1.165) is 5.56 Å². The predicted molar refractivity (Wildman–Crippen MR) is 81.9 cm³/mol. The summed E-state index contributed by atoms with van der Waals surface area (Å²) in [5.74, 6) is -0.0274. The monoisotopic (exact) mass is 338 g/mol. The maximum absolute atomic E-state index is 12.1. The van der Waals surface area contributed by atoms with Crippen LogP contribution in [0.15, 0.2) is 33.9 Å². The van der Waals surface area contributed by atoms with Gasteiger partial charge >= 0.3 is 0 Å². The van der Waals surface area contributed by atoms with Gasteiger partial charge in [0.15, 0.2) is 5.76 Å². The number of carbonyl (C=O) groups excluding carboxylic acids is 1. The number of amides is 1. The Balaban J connectivity index is 1.81. The van der Waals surface area contributed by atoms with Crippen molar-refractivity contribution in [2.24, 2.45) is 0 Å². The van der Waals surface area contributed by atoms with Crippen LogP contribution in [0.5, 0.6) is 0 Å². The zero-order valence-electron chi connectivity index (χ0n) is 12.9. The van der Waals surface area contributed by atoms with E-state index in [0.29, 0.717) is 6.54 Å². The molecule has 0 aliphatic heterocycles. The summed E-state index contributed by atoms with van der Waals surface area (Å²) in [5, 5.41) is 6.32. The van der Waals surface area contributed by atoms with Crippen LogP contribution in [0.3, 0.4) is 0 Å². The third kappa shape index (κ3) is 4.60. The molecule has 2 aromatic rings. The van der Waals surface area contributed by atoms with Gasteiger partial charge in [0, 0.05) is 31.9 Å². The summed E-state index contributed by atoms with van der Waals surface area (Å²) >= 11 is 0. The van der Waals surface area contributed by atoms with Gasteiger partial charge < -0.3 is 9.84 Å². The standard InChI is InChI=1S/C14H18N4O4S/c1-10-14(11(2)22-18-10)23(20,21)17-8-5-13(19)16-9-12-3-6-15-7-4-12/h3-4,6-7,17H,5,8-9H2,1-2H3,(H,16,19). The molecule has 2 rings (SSSR count). The Bertz CT molecular complexity index is 752. The average Bonchev–Trinajstić information content (AvgIpc) is 2.86. The van der Waals surface area contributed by atoms with Crippen LogP contribution in [-0.2, 0) is 21.4 Å². The SMILES string of the molecule is Cc1noc(C)c1S(=O)(=O)NCCC(=O)NCc1ccncc1. The molecule has 0 atom stereocenters. The van der Waals surface area contributed by atoms with E-state index in [1.54, 1.807) is 31.5 Å². The summed E-state index contributed by atoms with van der Waals surface area (Å²) in [4.78, 5) is 15.6. The van der Waals surface area contributed by atoms with Crippen molar-refractivity contribution in [2.45, 2.75) is 31.7 Å². The Morgan fingerprint density at radius 2 is 1.96 bits per heavy atom. The lowest BCUT2D eigenvalue weighted by Crippen LogP contribution is -2.31. The number of aryl methyl sites for hydroxylation is 2. The molecule has 0 unspecified atom stereocenters. The molecule has 0 spiro atoms. The van der Waals surface area contributed by atoms with Gasteiger partial charge in [-0.05, 0) is 31.5 Å². The Hall–Kier alpha value is -2.26. The third-order valence-electron chi connectivity index (χ3n) is 3.12. The fraction of sp³-hybridized carbons (Fsp3) is 0.357. The van der Waals surface area contributed by atoms with Crippen molar-refractivity contribution >= 4 is 15.9 Å². The second-order valence-corrected chi connectivity index (χ2v) is 6.64. The molecular weight excluding hydrogens is 320 g/mol. The van der Waals surface area contributed by atoms with Gasteiger partial charge in [0.2, 0.25) is 15.9 Å². The first kappa shape index (κ1) is 17.1.